The van der Waals surface area contributed by atoms with Gasteiger partial charge in [-0.25, -0.2) is 0 Å². The molecule has 1 rings (SSSR count). The van der Waals surface area contributed by atoms with Crippen LogP contribution < -0.4 is 10.5 Å². The molecule has 0 heterocycles. The van der Waals surface area contributed by atoms with Crippen molar-refractivity contribution in [3.63, 3.8) is 0 Å². The van der Waals surface area contributed by atoms with Crippen LogP contribution in [-0.4, -0.2) is 16.7 Å². The summed E-state index contributed by atoms with van der Waals surface area (Å²) in [6.07, 6.45) is 0. The van der Waals surface area contributed by atoms with E-state index in [0.717, 1.165) is 0 Å². The predicted molar refractivity (Wildman–Crippen MR) is 61.4 cm³/mol. The van der Waals surface area contributed by atoms with E-state index < -0.39 is 12.0 Å². The second-order valence-electron chi connectivity index (χ2n) is 4.60. The molecule has 0 fully saturated rings. The largest absolute Gasteiger partial charge is 0.488 e. The van der Waals surface area contributed by atoms with Crippen LogP contribution in [-0.2, 0) is 4.79 Å². The zero-order chi connectivity index (χ0) is 12.3. The Morgan fingerprint density at radius 1 is 1.31 bits per heavy atom. The molecule has 0 aromatic heterocycles. The fraction of sp³-hybridized carbons (Fsp3) is 0.417. The van der Waals surface area contributed by atoms with Gasteiger partial charge in [0.25, 0.3) is 0 Å². The summed E-state index contributed by atoms with van der Waals surface area (Å²) < 4.78 is 5.61. The standard InChI is InChI=1S/C12H17NO3/c1-12(2,3)16-9-6-4-8(5-7-9)10(13)11(14)15/h4-7,10H,13H2,1-3H3,(H,14,15). The molecular formula is C12H17NO3. The normalized spacial score (nSPS) is 13.2. The van der Waals surface area contributed by atoms with Crippen LogP contribution in [0.3, 0.4) is 0 Å². The number of hydrogen-bond donors (Lipinski definition) is 2. The van der Waals surface area contributed by atoms with Crippen molar-refractivity contribution in [3.8, 4) is 5.75 Å². The Bertz CT molecular complexity index is 365. The van der Waals surface area contributed by atoms with E-state index in [0.29, 0.717) is 11.3 Å². The Morgan fingerprint density at radius 2 is 1.81 bits per heavy atom. The number of benzene rings is 1. The maximum absolute atomic E-state index is 10.7. The fourth-order valence-electron chi connectivity index (χ4n) is 1.24. The summed E-state index contributed by atoms with van der Waals surface area (Å²) in [7, 11) is 0. The van der Waals surface area contributed by atoms with Crippen LogP contribution in [0, 0.1) is 0 Å². The number of carbonyl (C=O) groups is 1. The first-order chi connectivity index (χ1) is 7.29. The maximum atomic E-state index is 10.7. The number of carboxylic acids is 1. The first-order valence-electron chi connectivity index (χ1n) is 5.07. The van der Waals surface area contributed by atoms with Crippen LogP contribution in [0.1, 0.15) is 32.4 Å². The predicted octanol–water partition coefficient (Wildman–Crippen LogP) is 1.95. The summed E-state index contributed by atoms with van der Waals surface area (Å²) in [5.74, 6) is -0.335. The molecule has 0 bridgehead atoms. The van der Waals surface area contributed by atoms with Gasteiger partial charge in [-0.1, -0.05) is 12.1 Å². The summed E-state index contributed by atoms with van der Waals surface area (Å²) in [4.78, 5) is 10.7. The third-order valence-corrected chi connectivity index (χ3v) is 1.93. The van der Waals surface area contributed by atoms with E-state index >= 15 is 0 Å². The van der Waals surface area contributed by atoms with Gasteiger partial charge < -0.3 is 15.6 Å². The Hall–Kier alpha value is -1.55. The van der Waals surface area contributed by atoms with Crippen molar-refractivity contribution >= 4 is 5.97 Å². The minimum atomic E-state index is -1.04. The molecule has 0 amide bonds. The second kappa shape index (κ2) is 4.53. The van der Waals surface area contributed by atoms with Gasteiger partial charge >= 0.3 is 5.97 Å². The quantitative estimate of drug-likeness (QED) is 0.821. The van der Waals surface area contributed by atoms with E-state index in [9.17, 15) is 4.79 Å². The maximum Gasteiger partial charge on any atom is 0.325 e. The van der Waals surface area contributed by atoms with E-state index in [1.54, 1.807) is 24.3 Å². The number of nitrogens with two attached hydrogens (primary N) is 1. The molecule has 1 aromatic carbocycles. The Kier molecular flexibility index (Phi) is 3.55. The lowest BCUT2D eigenvalue weighted by atomic mass is 10.1. The topological polar surface area (TPSA) is 72.5 Å². The summed E-state index contributed by atoms with van der Waals surface area (Å²) >= 11 is 0. The van der Waals surface area contributed by atoms with Crippen LogP contribution in [0.5, 0.6) is 5.75 Å². The number of aliphatic carboxylic acids is 1. The highest BCUT2D eigenvalue weighted by atomic mass is 16.5. The first kappa shape index (κ1) is 12.5. The average molecular weight is 223 g/mol. The lowest BCUT2D eigenvalue weighted by Crippen LogP contribution is -2.23. The number of hydrogen-bond acceptors (Lipinski definition) is 3. The zero-order valence-corrected chi connectivity index (χ0v) is 9.73. The van der Waals surface area contributed by atoms with Crippen LogP contribution in [0.15, 0.2) is 24.3 Å². The smallest absolute Gasteiger partial charge is 0.325 e. The molecule has 0 aliphatic heterocycles. The van der Waals surface area contributed by atoms with E-state index in [-0.39, 0.29) is 5.60 Å². The Labute approximate surface area is 95.0 Å². The summed E-state index contributed by atoms with van der Waals surface area (Å²) in [5.41, 5.74) is 5.77. The number of ether oxygens (including phenoxy) is 1. The van der Waals surface area contributed by atoms with E-state index in [2.05, 4.69) is 0 Å². The van der Waals surface area contributed by atoms with E-state index in [1.165, 1.54) is 0 Å². The van der Waals surface area contributed by atoms with Crippen molar-refractivity contribution in [1.82, 2.24) is 0 Å². The van der Waals surface area contributed by atoms with Crippen molar-refractivity contribution in [1.29, 1.82) is 0 Å². The molecule has 4 heteroatoms. The summed E-state index contributed by atoms with van der Waals surface area (Å²) in [5, 5.41) is 8.73. The molecule has 0 saturated carbocycles. The first-order valence-corrected chi connectivity index (χ1v) is 5.07. The molecule has 3 N–H and O–H groups in total. The molecule has 1 aromatic rings. The number of carboxylic acid groups (broad SMARTS) is 1. The van der Waals surface area contributed by atoms with Crippen LogP contribution in [0.4, 0.5) is 0 Å². The van der Waals surface area contributed by atoms with Crippen molar-refractivity contribution < 1.29 is 14.6 Å². The summed E-state index contributed by atoms with van der Waals surface area (Å²) in [6.45, 7) is 5.84. The lowest BCUT2D eigenvalue weighted by molar-refractivity contribution is -0.138. The van der Waals surface area contributed by atoms with Gasteiger partial charge in [-0.2, -0.15) is 0 Å². The van der Waals surface area contributed by atoms with Crippen molar-refractivity contribution in [2.24, 2.45) is 5.73 Å². The van der Waals surface area contributed by atoms with Gasteiger partial charge in [0.1, 0.15) is 17.4 Å². The minimum Gasteiger partial charge on any atom is -0.488 e. The van der Waals surface area contributed by atoms with Crippen LogP contribution in [0.2, 0.25) is 0 Å². The van der Waals surface area contributed by atoms with E-state index in [1.807, 2.05) is 20.8 Å². The van der Waals surface area contributed by atoms with Gasteiger partial charge in [-0.05, 0) is 38.5 Å². The molecule has 0 aliphatic rings. The van der Waals surface area contributed by atoms with Gasteiger partial charge in [0.15, 0.2) is 0 Å². The summed E-state index contributed by atoms with van der Waals surface area (Å²) in [6, 6.07) is 5.80. The molecule has 4 nitrogen and oxygen atoms in total. The van der Waals surface area contributed by atoms with Crippen LogP contribution in [0.25, 0.3) is 0 Å². The molecule has 0 spiro atoms. The average Bonchev–Trinajstić information content (AvgIpc) is 2.15. The van der Waals surface area contributed by atoms with Gasteiger partial charge in [-0.15, -0.1) is 0 Å². The van der Waals surface area contributed by atoms with Crippen molar-refractivity contribution in [3.05, 3.63) is 29.8 Å². The molecule has 88 valence electrons. The van der Waals surface area contributed by atoms with Gasteiger partial charge in [0, 0.05) is 0 Å². The molecule has 0 aliphatic carbocycles. The molecule has 1 atom stereocenters. The lowest BCUT2D eigenvalue weighted by Gasteiger charge is -2.21. The van der Waals surface area contributed by atoms with Gasteiger partial charge in [0.2, 0.25) is 0 Å². The highest BCUT2D eigenvalue weighted by molar-refractivity contribution is 5.75. The monoisotopic (exact) mass is 223 g/mol. The molecule has 1 unspecified atom stereocenters. The van der Waals surface area contributed by atoms with Gasteiger partial charge in [0.05, 0.1) is 0 Å². The van der Waals surface area contributed by atoms with E-state index in [4.69, 9.17) is 15.6 Å². The second-order valence-corrected chi connectivity index (χ2v) is 4.60. The van der Waals surface area contributed by atoms with Crippen molar-refractivity contribution in [2.75, 3.05) is 0 Å². The third kappa shape index (κ3) is 3.55. The fourth-order valence-corrected chi connectivity index (χ4v) is 1.24. The zero-order valence-electron chi connectivity index (χ0n) is 9.73. The molecule has 16 heavy (non-hydrogen) atoms. The van der Waals surface area contributed by atoms with Crippen molar-refractivity contribution in [2.45, 2.75) is 32.4 Å². The number of rotatable bonds is 3. The van der Waals surface area contributed by atoms with Crippen LogP contribution >= 0.6 is 0 Å². The highest BCUT2D eigenvalue weighted by Crippen LogP contribution is 2.20. The Morgan fingerprint density at radius 3 is 2.19 bits per heavy atom. The van der Waals surface area contributed by atoms with Gasteiger partial charge in [-0.3, -0.25) is 4.79 Å². The third-order valence-electron chi connectivity index (χ3n) is 1.93. The highest BCUT2D eigenvalue weighted by Gasteiger charge is 2.15. The Balaban J connectivity index is 2.79. The molecule has 0 saturated heterocycles. The molecule has 0 radical (unpaired) electrons. The molecular weight excluding hydrogens is 206 g/mol. The minimum absolute atomic E-state index is 0.267. The SMILES string of the molecule is CC(C)(C)Oc1ccc(C(N)C(=O)O)cc1.